The molecule has 1 atom stereocenters. The first kappa shape index (κ1) is 21.5. The van der Waals surface area contributed by atoms with Crippen molar-refractivity contribution in [1.29, 1.82) is 0 Å². The Labute approximate surface area is 178 Å². The maximum absolute atomic E-state index is 5.18. The largest absolute Gasteiger partial charge is 0.497 e. The van der Waals surface area contributed by atoms with Crippen LogP contribution in [0, 0.1) is 5.41 Å². The highest BCUT2D eigenvalue weighted by molar-refractivity contribution is 14.0. The van der Waals surface area contributed by atoms with E-state index in [1.165, 1.54) is 12.8 Å². The molecule has 2 aromatic rings. The second kappa shape index (κ2) is 9.38. The van der Waals surface area contributed by atoms with Crippen LogP contribution >= 0.6 is 24.0 Å². The van der Waals surface area contributed by atoms with Gasteiger partial charge >= 0.3 is 0 Å². The molecule has 2 N–H and O–H groups in total. The molecule has 1 aliphatic heterocycles. The summed E-state index contributed by atoms with van der Waals surface area (Å²) in [7, 11) is 3.48. The molecule has 1 unspecified atom stereocenters. The van der Waals surface area contributed by atoms with Crippen molar-refractivity contribution < 1.29 is 4.74 Å². The maximum Gasteiger partial charge on any atom is 0.194 e. The lowest BCUT2D eigenvalue weighted by Gasteiger charge is -2.25. The Morgan fingerprint density at radius 3 is 2.70 bits per heavy atom. The van der Waals surface area contributed by atoms with Crippen LogP contribution in [0.4, 0.5) is 0 Å². The summed E-state index contributed by atoms with van der Waals surface area (Å²) in [6, 6.07) is 7.72. The van der Waals surface area contributed by atoms with E-state index >= 15 is 0 Å². The normalized spacial score (nSPS) is 19.7. The fourth-order valence-corrected chi connectivity index (χ4v) is 3.23. The van der Waals surface area contributed by atoms with Crippen LogP contribution in [0.25, 0.3) is 11.4 Å². The number of hydrogen-bond donors (Lipinski definition) is 2. The van der Waals surface area contributed by atoms with E-state index in [9.17, 15) is 0 Å². The molecular formula is C19H29IN6O. The molecule has 2 heterocycles. The molecule has 0 radical (unpaired) electrons. The van der Waals surface area contributed by atoms with Gasteiger partial charge in [-0.05, 0) is 42.5 Å². The standard InChI is InChI=1S/C19H28N6O.HI/c1-5-19(2)10-11-25(13-19)18(20-3)21-12-16-22-17(24-23-16)14-6-8-15(26-4)9-7-14;/h6-9H,5,10-13H2,1-4H3,(H,20,21)(H,22,23,24);1H. The Morgan fingerprint density at radius 2 is 2.11 bits per heavy atom. The van der Waals surface area contributed by atoms with Gasteiger partial charge in [-0.25, -0.2) is 4.98 Å². The average molecular weight is 484 g/mol. The van der Waals surface area contributed by atoms with Crippen LogP contribution < -0.4 is 10.1 Å². The molecule has 0 amide bonds. The third-order valence-electron chi connectivity index (χ3n) is 5.22. The number of methoxy groups -OCH3 is 1. The number of nitrogens with one attached hydrogen (secondary N) is 2. The van der Waals surface area contributed by atoms with Crippen LogP contribution in [0.3, 0.4) is 0 Å². The Kier molecular flexibility index (Phi) is 7.46. The molecule has 0 saturated carbocycles. The fourth-order valence-electron chi connectivity index (χ4n) is 3.23. The number of aromatic nitrogens is 3. The molecule has 1 fully saturated rings. The van der Waals surface area contributed by atoms with E-state index in [0.717, 1.165) is 36.2 Å². The predicted molar refractivity (Wildman–Crippen MR) is 119 cm³/mol. The molecule has 1 saturated heterocycles. The highest BCUT2D eigenvalue weighted by atomic mass is 127. The summed E-state index contributed by atoms with van der Waals surface area (Å²) in [5.41, 5.74) is 1.33. The average Bonchev–Trinajstić information content (AvgIpc) is 3.30. The quantitative estimate of drug-likeness (QED) is 0.387. The van der Waals surface area contributed by atoms with Crippen molar-refractivity contribution in [2.45, 2.75) is 33.2 Å². The van der Waals surface area contributed by atoms with E-state index in [4.69, 9.17) is 4.74 Å². The number of aromatic amines is 1. The van der Waals surface area contributed by atoms with E-state index in [2.05, 4.69) is 44.2 Å². The number of halogens is 1. The SMILES string of the molecule is CCC1(C)CCN(C(=NC)NCc2nc(-c3ccc(OC)cc3)n[nH]2)C1.I. The minimum atomic E-state index is 0. The van der Waals surface area contributed by atoms with Crippen molar-refractivity contribution in [2.75, 3.05) is 27.2 Å². The molecule has 3 rings (SSSR count). The summed E-state index contributed by atoms with van der Waals surface area (Å²) in [6.07, 6.45) is 2.39. The van der Waals surface area contributed by atoms with Crippen LogP contribution in [0.5, 0.6) is 5.75 Å². The van der Waals surface area contributed by atoms with Gasteiger partial charge in [0.2, 0.25) is 0 Å². The van der Waals surface area contributed by atoms with Gasteiger partial charge in [0.1, 0.15) is 11.6 Å². The summed E-state index contributed by atoms with van der Waals surface area (Å²) in [5, 5.41) is 10.7. The van der Waals surface area contributed by atoms with E-state index in [1.807, 2.05) is 31.3 Å². The number of H-pyrrole nitrogens is 1. The van der Waals surface area contributed by atoms with E-state index < -0.39 is 0 Å². The van der Waals surface area contributed by atoms with Gasteiger partial charge in [-0.3, -0.25) is 10.1 Å². The molecule has 7 nitrogen and oxygen atoms in total. The number of hydrogen-bond acceptors (Lipinski definition) is 4. The van der Waals surface area contributed by atoms with Gasteiger partial charge < -0.3 is 15.0 Å². The number of benzene rings is 1. The topological polar surface area (TPSA) is 78.4 Å². The molecule has 27 heavy (non-hydrogen) atoms. The third kappa shape index (κ3) is 5.12. The summed E-state index contributed by atoms with van der Waals surface area (Å²) in [4.78, 5) is 11.3. The van der Waals surface area contributed by atoms with Gasteiger partial charge in [-0.2, -0.15) is 5.10 Å². The lowest BCUT2D eigenvalue weighted by atomic mass is 9.87. The van der Waals surface area contributed by atoms with E-state index in [1.54, 1.807) is 7.11 Å². The molecule has 0 spiro atoms. The minimum Gasteiger partial charge on any atom is -0.497 e. The Balaban J connectivity index is 0.00000261. The Morgan fingerprint density at radius 1 is 1.37 bits per heavy atom. The first-order valence-corrected chi connectivity index (χ1v) is 9.08. The van der Waals surface area contributed by atoms with Crippen molar-refractivity contribution in [3.8, 4) is 17.1 Å². The lowest BCUT2D eigenvalue weighted by Crippen LogP contribution is -2.40. The van der Waals surface area contributed by atoms with Gasteiger partial charge in [0, 0.05) is 25.7 Å². The highest BCUT2D eigenvalue weighted by Crippen LogP contribution is 2.32. The smallest absolute Gasteiger partial charge is 0.194 e. The first-order valence-electron chi connectivity index (χ1n) is 9.08. The van der Waals surface area contributed by atoms with Crippen LogP contribution in [0.15, 0.2) is 29.3 Å². The summed E-state index contributed by atoms with van der Waals surface area (Å²) < 4.78 is 5.18. The van der Waals surface area contributed by atoms with Crippen LogP contribution in [-0.2, 0) is 6.54 Å². The molecule has 1 aromatic carbocycles. The molecule has 0 aliphatic carbocycles. The highest BCUT2D eigenvalue weighted by Gasteiger charge is 2.33. The second-order valence-corrected chi connectivity index (χ2v) is 7.07. The van der Waals surface area contributed by atoms with Gasteiger partial charge in [0.15, 0.2) is 11.8 Å². The van der Waals surface area contributed by atoms with Gasteiger partial charge in [0.05, 0.1) is 13.7 Å². The molecule has 0 bridgehead atoms. The van der Waals surface area contributed by atoms with Gasteiger partial charge in [-0.1, -0.05) is 13.8 Å². The predicted octanol–water partition coefficient (Wildman–Crippen LogP) is 3.30. The van der Waals surface area contributed by atoms with Crippen molar-refractivity contribution in [1.82, 2.24) is 25.4 Å². The van der Waals surface area contributed by atoms with Crippen molar-refractivity contribution >= 4 is 29.9 Å². The second-order valence-electron chi connectivity index (χ2n) is 7.07. The Bertz CT molecular complexity index is 760. The number of rotatable bonds is 5. The van der Waals surface area contributed by atoms with Gasteiger partial charge in [0.25, 0.3) is 0 Å². The number of nitrogens with zero attached hydrogens (tertiary/aromatic N) is 4. The fraction of sp³-hybridized carbons (Fsp3) is 0.526. The summed E-state index contributed by atoms with van der Waals surface area (Å²) in [5.74, 6) is 3.21. The van der Waals surface area contributed by atoms with Crippen LogP contribution in [0.1, 0.15) is 32.5 Å². The minimum absolute atomic E-state index is 0. The van der Waals surface area contributed by atoms with E-state index in [0.29, 0.717) is 17.8 Å². The number of ether oxygens (including phenoxy) is 1. The lowest BCUT2D eigenvalue weighted by molar-refractivity contribution is 0.322. The molecular weight excluding hydrogens is 455 g/mol. The molecule has 1 aliphatic rings. The monoisotopic (exact) mass is 484 g/mol. The van der Waals surface area contributed by atoms with Crippen molar-refractivity contribution in [2.24, 2.45) is 10.4 Å². The molecule has 8 heteroatoms. The zero-order valence-corrected chi connectivity index (χ0v) is 18.8. The Hall–Kier alpha value is -1.84. The summed E-state index contributed by atoms with van der Waals surface area (Å²) in [6.45, 7) is 7.25. The van der Waals surface area contributed by atoms with Crippen LogP contribution in [-0.4, -0.2) is 53.3 Å². The molecule has 1 aromatic heterocycles. The summed E-state index contributed by atoms with van der Waals surface area (Å²) >= 11 is 0. The first-order chi connectivity index (χ1) is 12.6. The number of aliphatic imine (C=N–C) groups is 1. The maximum atomic E-state index is 5.18. The van der Waals surface area contributed by atoms with Gasteiger partial charge in [-0.15, -0.1) is 24.0 Å². The van der Waals surface area contributed by atoms with Crippen molar-refractivity contribution in [3.63, 3.8) is 0 Å². The molecule has 148 valence electrons. The van der Waals surface area contributed by atoms with E-state index in [-0.39, 0.29) is 24.0 Å². The number of likely N-dealkylation sites (tertiary alicyclic amines) is 1. The van der Waals surface area contributed by atoms with Crippen LogP contribution in [0.2, 0.25) is 0 Å². The zero-order chi connectivity index (χ0) is 18.6. The number of guanidine groups is 1. The third-order valence-corrected chi connectivity index (χ3v) is 5.22. The van der Waals surface area contributed by atoms with Crippen molar-refractivity contribution in [3.05, 3.63) is 30.1 Å². The zero-order valence-electron chi connectivity index (χ0n) is 16.5.